The molecule has 0 aliphatic heterocycles. The molecule has 0 spiro atoms. The Bertz CT molecular complexity index is 366. The largest absolute Gasteiger partial charge is 0.494 e. The summed E-state index contributed by atoms with van der Waals surface area (Å²) in [5.74, 6) is 2.05. The Morgan fingerprint density at radius 2 is 2.00 bits per heavy atom. The van der Waals surface area contributed by atoms with Crippen molar-refractivity contribution in [2.75, 3.05) is 6.61 Å². The first-order chi connectivity index (χ1) is 8.10. The summed E-state index contributed by atoms with van der Waals surface area (Å²) in [6.45, 7) is 13.2. The summed E-state index contributed by atoms with van der Waals surface area (Å²) in [5.41, 5.74) is 2.68. The molecule has 1 nitrogen and oxygen atoms in total. The highest BCUT2D eigenvalue weighted by Crippen LogP contribution is 2.31. The van der Waals surface area contributed by atoms with Gasteiger partial charge in [0.25, 0.3) is 0 Å². The molecular formula is C16H24O. The van der Waals surface area contributed by atoms with Crippen LogP contribution in [0.4, 0.5) is 0 Å². The lowest BCUT2D eigenvalue weighted by molar-refractivity contribution is 0.335. The standard InChI is InChI=1S/C16H24O/c1-6-8-13(5)14-9-10-16(17-7-2)15(11-14)12(3)4/h6,9-13H,1,7-8H2,2-5H3. The molecule has 17 heavy (non-hydrogen) atoms. The van der Waals surface area contributed by atoms with E-state index in [1.165, 1.54) is 11.1 Å². The maximum Gasteiger partial charge on any atom is 0.122 e. The molecule has 0 aliphatic carbocycles. The summed E-state index contributed by atoms with van der Waals surface area (Å²) in [6.07, 6.45) is 3.00. The van der Waals surface area contributed by atoms with Gasteiger partial charge in [0.1, 0.15) is 5.75 Å². The van der Waals surface area contributed by atoms with Crippen LogP contribution in [0.1, 0.15) is 57.1 Å². The van der Waals surface area contributed by atoms with Gasteiger partial charge < -0.3 is 4.74 Å². The van der Waals surface area contributed by atoms with E-state index >= 15 is 0 Å². The molecule has 0 aliphatic rings. The number of rotatable bonds is 6. The zero-order chi connectivity index (χ0) is 12.8. The van der Waals surface area contributed by atoms with Gasteiger partial charge in [-0.1, -0.05) is 39.0 Å². The highest BCUT2D eigenvalue weighted by atomic mass is 16.5. The number of allylic oxidation sites excluding steroid dienone is 1. The first kappa shape index (κ1) is 13.8. The molecule has 1 aromatic rings. The van der Waals surface area contributed by atoms with E-state index in [9.17, 15) is 0 Å². The van der Waals surface area contributed by atoms with Crippen molar-refractivity contribution in [1.29, 1.82) is 0 Å². The molecule has 0 bridgehead atoms. The Hall–Kier alpha value is -1.24. The van der Waals surface area contributed by atoms with E-state index in [0.29, 0.717) is 11.8 Å². The molecule has 0 saturated heterocycles. The Kier molecular flexibility index (Phi) is 5.27. The van der Waals surface area contributed by atoms with Gasteiger partial charge in [0, 0.05) is 0 Å². The molecule has 0 amide bonds. The average molecular weight is 232 g/mol. The van der Waals surface area contributed by atoms with E-state index in [2.05, 4.69) is 45.5 Å². The first-order valence-corrected chi connectivity index (χ1v) is 6.47. The summed E-state index contributed by atoms with van der Waals surface area (Å²) in [7, 11) is 0. The summed E-state index contributed by atoms with van der Waals surface area (Å²) < 4.78 is 5.67. The van der Waals surface area contributed by atoms with Crippen LogP contribution < -0.4 is 4.74 Å². The highest BCUT2D eigenvalue weighted by molar-refractivity contribution is 5.40. The molecule has 0 saturated carbocycles. The van der Waals surface area contributed by atoms with Gasteiger partial charge in [0.15, 0.2) is 0 Å². The normalized spacial score (nSPS) is 12.5. The zero-order valence-corrected chi connectivity index (χ0v) is 11.5. The summed E-state index contributed by atoms with van der Waals surface area (Å²) in [4.78, 5) is 0. The minimum absolute atomic E-state index is 0.493. The van der Waals surface area contributed by atoms with Crippen LogP contribution >= 0.6 is 0 Å². The van der Waals surface area contributed by atoms with E-state index in [1.807, 2.05) is 13.0 Å². The predicted octanol–water partition coefficient (Wildman–Crippen LogP) is 4.89. The number of benzene rings is 1. The van der Waals surface area contributed by atoms with Crippen molar-refractivity contribution in [3.8, 4) is 5.75 Å². The smallest absolute Gasteiger partial charge is 0.122 e. The van der Waals surface area contributed by atoms with E-state index in [0.717, 1.165) is 18.8 Å². The molecule has 1 unspecified atom stereocenters. The third kappa shape index (κ3) is 3.62. The van der Waals surface area contributed by atoms with Crippen LogP contribution in [0.15, 0.2) is 30.9 Å². The lowest BCUT2D eigenvalue weighted by atomic mass is 9.92. The molecule has 0 radical (unpaired) electrons. The van der Waals surface area contributed by atoms with Crippen molar-refractivity contribution in [2.24, 2.45) is 0 Å². The van der Waals surface area contributed by atoms with Crippen molar-refractivity contribution in [1.82, 2.24) is 0 Å². The summed E-state index contributed by atoms with van der Waals surface area (Å²) >= 11 is 0. The van der Waals surface area contributed by atoms with Crippen molar-refractivity contribution in [2.45, 2.75) is 46.0 Å². The van der Waals surface area contributed by atoms with E-state index in [4.69, 9.17) is 4.74 Å². The SMILES string of the molecule is C=CCC(C)c1ccc(OCC)c(C(C)C)c1. The van der Waals surface area contributed by atoms with Gasteiger partial charge in [0.05, 0.1) is 6.61 Å². The fourth-order valence-corrected chi connectivity index (χ4v) is 2.00. The maximum absolute atomic E-state index is 5.67. The molecule has 0 heterocycles. The van der Waals surface area contributed by atoms with Crippen LogP contribution in [-0.4, -0.2) is 6.61 Å². The lowest BCUT2D eigenvalue weighted by Gasteiger charge is -2.17. The lowest BCUT2D eigenvalue weighted by Crippen LogP contribution is -2.01. The monoisotopic (exact) mass is 232 g/mol. The average Bonchev–Trinajstić information content (AvgIpc) is 2.30. The van der Waals surface area contributed by atoms with E-state index < -0.39 is 0 Å². The van der Waals surface area contributed by atoms with Gasteiger partial charge in [-0.3, -0.25) is 0 Å². The molecule has 0 fully saturated rings. The zero-order valence-electron chi connectivity index (χ0n) is 11.5. The van der Waals surface area contributed by atoms with Gasteiger partial charge in [-0.2, -0.15) is 0 Å². The van der Waals surface area contributed by atoms with Gasteiger partial charge in [-0.05, 0) is 42.4 Å². The topological polar surface area (TPSA) is 9.23 Å². The van der Waals surface area contributed by atoms with Crippen molar-refractivity contribution in [3.05, 3.63) is 42.0 Å². The van der Waals surface area contributed by atoms with Crippen molar-refractivity contribution >= 4 is 0 Å². The van der Waals surface area contributed by atoms with Gasteiger partial charge in [-0.15, -0.1) is 6.58 Å². The van der Waals surface area contributed by atoms with Crippen LogP contribution in [-0.2, 0) is 0 Å². The Morgan fingerprint density at radius 1 is 1.29 bits per heavy atom. The van der Waals surface area contributed by atoms with Gasteiger partial charge in [-0.25, -0.2) is 0 Å². The Morgan fingerprint density at radius 3 is 2.53 bits per heavy atom. The van der Waals surface area contributed by atoms with Crippen LogP contribution in [0.5, 0.6) is 5.75 Å². The number of hydrogen-bond donors (Lipinski definition) is 0. The predicted molar refractivity (Wildman–Crippen MR) is 74.9 cm³/mol. The first-order valence-electron chi connectivity index (χ1n) is 6.47. The Balaban J connectivity index is 3.04. The molecule has 1 heteroatoms. The van der Waals surface area contributed by atoms with E-state index in [-0.39, 0.29) is 0 Å². The second kappa shape index (κ2) is 6.48. The minimum Gasteiger partial charge on any atom is -0.494 e. The second-order valence-electron chi connectivity index (χ2n) is 4.81. The summed E-state index contributed by atoms with van der Waals surface area (Å²) in [6, 6.07) is 6.56. The summed E-state index contributed by atoms with van der Waals surface area (Å²) in [5, 5.41) is 0. The van der Waals surface area contributed by atoms with Crippen LogP contribution in [0.2, 0.25) is 0 Å². The molecule has 1 rings (SSSR count). The molecule has 0 N–H and O–H groups in total. The van der Waals surface area contributed by atoms with Crippen molar-refractivity contribution in [3.63, 3.8) is 0 Å². The third-order valence-electron chi connectivity index (χ3n) is 3.04. The molecule has 1 atom stereocenters. The van der Waals surface area contributed by atoms with Crippen LogP contribution in [0.25, 0.3) is 0 Å². The fraction of sp³-hybridized carbons (Fsp3) is 0.500. The molecule has 1 aromatic carbocycles. The molecule has 94 valence electrons. The molecular weight excluding hydrogens is 208 g/mol. The fourth-order valence-electron chi connectivity index (χ4n) is 2.00. The van der Waals surface area contributed by atoms with E-state index in [1.54, 1.807) is 0 Å². The molecule has 0 aromatic heterocycles. The van der Waals surface area contributed by atoms with Crippen LogP contribution in [0, 0.1) is 0 Å². The maximum atomic E-state index is 5.67. The Labute approximate surface area is 106 Å². The van der Waals surface area contributed by atoms with Gasteiger partial charge in [0.2, 0.25) is 0 Å². The minimum atomic E-state index is 0.493. The van der Waals surface area contributed by atoms with Crippen molar-refractivity contribution < 1.29 is 4.74 Å². The number of hydrogen-bond acceptors (Lipinski definition) is 1. The number of ether oxygens (including phenoxy) is 1. The van der Waals surface area contributed by atoms with Crippen LogP contribution in [0.3, 0.4) is 0 Å². The highest BCUT2D eigenvalue weighted by Gasteiger charge is 2.11. The second-order valence-corrected chi connectivity index (χ2v) is 4.81. The third-order valence-corrected chi connectivity index (χ3v) is 3.04. The van der Waals surface area contributed by atoms with Gasteiger partial charge >= 0.3 is 0 Å². The quantitative estimate of drug-likeness (QED) is 0.635.